The fourth-order valence-electron chi connectivity index (χ4n) is 1.67. The van der Waals surface area contributed by atoms with E-state index in [9.17, 15) is 0 Å². The number of aromatic nitrogens is 2. The molecule has 15 heavy (non-hydrogen) atoms. The molecule has 1 aromatic rings. The van der Waals surface area contributed by atoms with E-state index in [1.807, 2.05) is 14.0 Å². The molecule has 1 rings (SSSR count). The summed E-state index contributed by atoms with van der Waals surface area (Å²) < 4.78 is 0. The van der Waals surface area contributed by atoms with Crippen LogP contribution in [0.4, 0.5) is 0 Å². The summed E-state index contributed by atoms with van der Waals surface area (Å²) >= 11 is 0. The zero-order chi connectivity index (χ0) is 11.5. The van der Waals surface area contributed by atoms with Crippen molar-refractivity contribution < 1.29 is 0 Å². The normalized spacial score (nSPS) is 13.9. The average Bonchev–Trinajstić information content (AvgIpc) is 2.12. The lowest BCUT2D eigenvalue weighted by atomic mass is 9.84. The molecule has 1 aromatic heterocycles. The molecular weight excluding hydrogens is 186 g/mol. The summed E-state index contributed by atoms with van der Waals surface area (Å²) in [5.74, 6) is 0. The molecule has 0 bridgehead atoms. The molecule has 3 heteroatoms. The summed E-state index contributed by atoms with van der Waals surface area (Å²) in [5, 5.41) is 3.35. The van der Waals surface area contributed by atoms with Crippen molar-refractivity contribution >= 4 is 0 Å². The first-order chi connectivity index (χ1) is 6.93. The number of hydrogen-bond acceptors (Lipinski definition) is 3. The third-order valence-electron chi connectivity index (χ3n) is 2.67. The van der Waals surface area contributed by atoms with Crippen molar-refractivity contribution in [3.8, 4) is 0 Å². The van der Waals surface area contributed by atoms with Gasteiger partial charge in [-0.15, -0.1) is 0 Å². The minimum absolute atomic E-state index is 0.244. The summed E-state index contributed by atoms with van der Waals surface area (Å²) in [6.45, 7) is 8.71. The zero-order valence-electron chi connectivity index (χ0n) is 10.3. The molecule has 0 fully saturated rings. The quantitative estimate of drug-likeness (QED) is 0.823. The average molecular weight is 207 g/mol. The molecule has 0 aromatic carbocycles. The van der Waals surface area contributed by atoms with Crippen LogP contribution in [-0.2, 0) is 6.42 Å². The van der Waals surface area contributed by atoms with Crippen LogP contribution in [0.2, 0.25) is 0 Å². The van der Waals surface area contributed by atoms with Gasteiger partial charge in [0.25, 0.3) is 0 Å². The summed E-state index contributed by atoms with van der Waals surface area (Å²) in [4.78, 5) is 8.39. The fraction of sp³-hybridized carbons (Fsp3) is 0.667. The van der Waals surface area contributed by atoms with Crippen molar-refractivity contribution in [3.63, 3.8) is 0 Å². The molecule has 0 saturated heterocycles. The molecule has 0 spiro atoms. The van der Waals surface area contributed by atoms with Gasteiger partial charge in [-0.25, -0.2) is 9.97 Å². The Morgan fingerprint density at radius 2 is 2.00 bits per heavy atom. The zero-order valence-corrected chi connectivity index (χ0v) is 10.3. The van der Waals surface area contributed by atoms with Crippen LogP contribution in [0.25, 0.3) is 0 Å². The van der Waals surface area contributed by atoms with Gasteiger partial charge in [-0.1, -0.05) is 20.8 Å². The molecule has 1 atom stereocenters. The molecule has 0 aliphatic carbocycles. The van der Waals surface area contributed by atoms with Gasteiger partial charge in [0.1, 0.15) is 6.33 Å². The van der Waals surface area contributed by atoms with Gasteiger partial charge in [0.15, 0.2) is 0 Å². The van der Waals surface area contributed by atoms with Crippen LogP contribution in [0.5, 0.6) is 0 Å². The largest absolute Gasteiger partial charge is 0.316 e. The molecule has 0 amide bonds. The van der Waals surface area contributed by atoms with Gasteiger partial charge in [-0.05, 0) is 25.5 Å². The minimum Gasteiger partial charge on any atom is -0.316 e. The van der Waals surface area contributed by atoms with E-state index in [1.54, 1.807) is 6.33 Å². The number of rotatable bonds is 3. The highest BCUT2D eigenvalue weighted by Crippen LogP contribution is 2.21. The van der Waals surface area contributed by atoms with Crippen LogP contribution in [0, 0.1) is 12.3 Å². The molecule has 0 saturated carbocycles. The first-order valence-electron chi connectivity index (χ1n) is 5.38. The molecule has 1 unspecified atom stereocenters. The maximum Gasteiger partial charge on any atom is 0.115 e. The standard InChI is InChI=1S/C12H21N3/c1-9-6-10(15-8-14-9)7-11(13-5)12(2,3)4/h6,8,11,13H,7H2,1-5H3. The Morgan fingerprint density at radius 1 is 1.33 bits per heavy atom. The molecule has 1 N–H and O–H groups in total. The Bertz CT molecular complexity index is 315. The third-order valence-corrected chi connectivity index (χ3v) is 2.67. The first kappa shape index (κ1) is 12.1. The van der Waals surface area contributed by atoms with Crippen LogP contribution in [0.1, 0.15) is 32.2 Å². The van der Waals surface area contributed by atoms with Crippen molar-refractivity contribution in [2.24, 2.45) is 5.41 Å². The van der Waals surface area contributed by atoms with Crippen molar-refractivity contribution in [2.75, 3.05) is 7.05 Å². The van der Waals surface area contributed by atoms with Crippen LogP contribution >= 0.6 is 0 Å². The molecule has 3 nitrogen and oxygen atoms in total. The van der Waals surface area contributed by atoms with E-state index in [1.165, 1.54) is 0 Å². The smallest absolute Gasteiger partial charge is 0.115 e. The van der Waals surface area contributed by atoms with Gasteiger partial charge in [0, 0.05) is 23.9 Å². The predicted molar refractivity (Wildman–Crippen MR) is 62.8 cm³/mol. The number of nitrogens with one attached hydrogen (secondary N) is 1. The second kappa shape index (κ2) is 4.71. The monoisotopic (exact) mass is 207 g/mol. The summed E-state index contributed by atoms with van der Waals surface area (Å²) in [7, 11) is 2.00. The minimum atomic E-state index is 0.244. The SMILES string of the molecule is CNC(Cc1cc(C)ncn1)C(C)(C)C. The van der Waals surface area contributed by atoms with Crippen molar-refractivity contribution in [2.45, 2.75) is 40.2 Å². The van der Waals surface area contributed by atoms with Gasteiger partial charge in [-0.2, -0.15) is 0 Å². The fourth-order valence-corrected chi connectivity index (χ4v) is 1.67. The third kappa shape index (κ3) is 3.59. The van der Waals surface area contributed by atoms with E-state index in [-0.39, 0.29) is 5.41 Å². The van der Waals surface area contributed by atoms with Crippen LogP contribution in [-0.4, -0.2) is 23.1 Å². The van der Waals surface area contributed by atoms with Crippen LogP contribution in [0.3, 0.4) is 0 Å². The second-order valence-corrected chi connectivity index (χ2v) is 5.06. The number of hydrogen-bond donors (Lipinski definition) is 1. The summed E-state index contributed by atoms with van der Waals surface area (Å²) in [6, 6.07) is 2.49. The van der Waals surface area contributed by atoms with Gasteiger partial charge in [-0.3, -0.25) is 0 Å². The van der Waals surface area contributed by atoms with E-state index in [4.69, 9.17) is 0 Å². The molecule has 0 aliphatic rings. The van der Waals surface area contributed by atoms with Gasteiger partial charge in [0.2, 0.25) is 0 Å². The summed E-state index contributed by atoms with van der Waals surface area (Å²) in [5.41, 5.74) is 2.38. The van der Waals surface area contributed by atoms with Crippen molar-refractivity contribution in [1.29, 1.82) is 0 Å². The van der Waals surface area contributed by atoms with Crippen LogP contribution in [0.15, 0.2) is 12.4 Å². The van der Waals surface area contributed by atoms with E-state index in [0.717, 1.165) is 17.8 Å². The van der Waals surface area contributed by atoms with E-state index >= 15 is 0 Å². The molecule has 84 valence electrons. The van der Waals surface area contributed by atoms with E-state index < -0.39 is 0 Å². The Balaban J connectivity index is 2.76. The molecular formula is C12H21N3. The van der Waals surface area contributed by atoms with Crippen molar-refractivity contribution in [1.82, 2.24) is 15.3 Å². The van der Waals surface area contributed by atoms with Gasteiger partial charge in [0.05, 0.1) is 0 Å². The molecule has 0 aliphatic heterocycles. The highest BCUT2D eigenvalue weighted by Gasteiger charge is 2.23. The van der Waals surface area contributed by atoms with E-state index in [2.05, 4.69) is 42.1 Å². The Morgan fingerprint density at radius 3 is 2.47 bits per heavy atom. The molecule has 1 heterocycles. The maximum atomic E-state index is 4.29. The number of likely N-dealkylation sites (N-methyl/N-ethyl adjacent to an activating group) is 1. The van der Waals surface area contributed by atoms with Gasteiger partial charge >= 0.3 is 0 Å². The Kier molecular flexibility index (Phi) is 3.80. The number of aryl methyl sites for hydroxylation is 1. The highest BCUT2D eigenvalue weighted by molar-refractivity contribution is 5.08. The van der Waals surface area contributed by atoms with Crippen LogP contribution < -0.4 is 5.32 Å². The Hall–Kier alpha value is -0.960. The second-order valence-electron chi connectivity index (χ2n) is 5.06. The van der Waals surface area contributed by atoms with Crippen molar-refractivity contribution in [3.05, 3.63) is 23.8 Å². The predicted octanol–water partition coefficient (Wildman–Crippen LogP) is 1.96. The van der Waals surface area contributed by atoms with Gasteiger partial charge < -0.3 is 5.32 Å². The highest BCUT2D eigenvalue weighted by atomic mass is 14.9. The topological polar surface area (TPSA) is 37.8 Å². The maximum absolute atomic E-state index is 4.29. The Labute approximate surface area is 92.3 Å². The lowest BCUT2D eigenvalue weighted by Crippen LogP contribution is -2.40. The first-order valence-corrected chi connectivity index (χ1v) is 5.38. The van der Waals surface area contributed by atoms with E-state index in [0.29, 0.717) is 6.04 Å². The summed E-state index contributed by atoms with van der Waals surface area (Å²) in [6.07, 6.45) is 2.59. The molecule has 0 radical (unpaired) electrons. The lowest BCUT2D eigenvalue weighted by Gasteiger charge is -2.30. The lowest BCUT2D eigenvalue weighted by molar-refractivity contribution is 0.278. The number of nitrogens with zero attached hydrogens (tertiary/aromatic N) is 2.